The third-order valence-electron chi connectivity index (χ3n) is 4.01. The fraction of sp³-hybridized carbons (Fsp3) is 0.300. The number of nitrogens with one attached hydrogen (secondary N) is 1. The fourth-order valence-corrected chi connectivity index (χ4v) is 2.27. The van der Waals surface area contributed by atoms with Gasteiger partial charge in [-0.05, 0) is 62.2 Å². The number of aryl methyl sites for hydroxylation is 2. The number of hydrogen-bond acceptors (Lipinski definition) is 3. The molecule has 0 aliphatic carbocycles. The molecule has 25 heavy (non-hydrogen) atoms. The zero-order valence-corrected chi connectivity index (χ0v) is 15.3. The summed E-state index contributed by atoms with van der Waals surface area (Å²) in [5.74, 6) is 0.432. The van der Waals surface area contributed by atoms with Gasteiger partial charge in [0.15, 0.2) is 6.10 Å². The highest BCUT2D eigenvalue weighted by Gasteiger charge is 2.16. The van der Waals surface area contributed by atoms with Crippen molar-refractivity contribution in [2.24, 2.45) is 0 Å². The number of hydrogen-bond donors (Lipinski definition) is 1. The molecule has 0 radical (unpaired) electrons. The van der Waals surface area contributed by atoms with Crippen LogP contribution in [0.5, 0.6) is 5.75 Å². The number of ether oxygens (including phenoxy) is 1. The highest BCUT2D eigenvalue weighted by molar-refractivity contribution is 5.95. The summed E-state index contributed by atoms with van der Waals surface area (Å²) in [5, 5.41) is 2.82. The van der Waals surface area contributed by atoms with Gasteiger partial charge in [-0.3, -0.25) is 9.59 Å². The Balaban J connectivity index is 2.01. The Labute approximate surface area is 148 Å². The molecule has 5 nitrogen and oxygen atoms in total. The first kappa shape index (κ1) is 18.5. The first-order chi connectivity index (χ1) is 11.8. The number of benzene rings is 2. The maximum Gasteiger partial charge on any atom is 0.265 e. The van der Waals surface area contributed by atoms with Gasteiger partial charge >= 0.3 is 0 Å². The molecule has 132 valence electrons. The van der Waals surface area contributed by atoms with Crippen molar-refractivity contribution in [3.8, 4) is 5.75 Å². The molecule has 0 saturated carbocycles. The van der Waals surface area contributed by atoms with Crippen molar-refractivity contribution in [3.63, 3.8) is 0 Å². The van der Waals surface area contributed by atoms with E-state index in [1.54, 1.807) is 38.2 Å². The highest BCUT2D eigenvalue weighted by atomic mass is 16.5. The van der Waals surface area contributed by atoms with Gasteiger partial charge in [0.2, 0.25) is 5.91 Å². The summed E-state index contributed by atoms with van der Waals surface area (Å²) in [6.07, 6.45) is -0.625. The van der Waals surface area contributed by atoms with Crippen LogP contribution in [0, 0.1) is 13.8 Å². The molecule has 1 atom stereocenters. The lowest BCUT2D eigenvalue weighted by atomic mass is 10.1. The second-order valence-corrected chi connectivity index (χ2v) is 6.14. The number of nitrogens with zero attached hydrogens (tertiary/aromatic N) is 1. The third-order valence-corrected chi connectivity index (χ3v) is 4.01. The minimum atomic E-state index is -0.625. The average molecular weight is 340 g/mol. The Kier molecular flexibility index (Phi) is 5.80. The molecule has 2 rings (SSSR count). The average Bonchev–Trinajstić information content (AvgIpc) is 2.58. The van der Waals surface area contributed by atoms with Gasteiger partial charge < -0.3 is 15.0 Å². The maximum atomic E-state index is 12.3. The van der Waals surface area contributed by atoms with E-state index in [1.807, 2.05) is 32.0 Å². The number of carbonyl (C=O) groups is 2. The quantitative estimate of drug-likeness (QED) is 0.903. The van der Waals surface area contributed by atoms with Gasteiger partial charge in [-0.25, -0.2) is 0 Å². The molecule has 1 unspecified atom stereocenters. The van der Waals surface area contributed by atoms with Crippen LogP contribution >= 0.6 is 0 Å². The van der Waals surface area contributed by atoms with Gasteiger partial charge in [0.1, 0.15) is 5.75 Å². The summed E-state index contributed by atoms with van der Waals surface area (Å²) in [7, 11) is 1.70. The van der Waals surface area contributed by atoms with Crippen molar-refractivity contribution in [2.45, 2.75) is 33.8 Å². The van der Waals surface area contributed by atoms with Crippen LogP contribution in [0.1, 0.15) is 25.0 Å². The number of anilines is 2. The molecule has 0 aromatic heterocycles. The van der Waals surface area contributed by atoms with Crippen molar-refractivity contribution >= 4 is 23.2 Å². The van der Waals surface area contributed by atoms with Crippen molar-refractivity contribution in [1.82, 2.24) is 0 Å². The molecule has 0 spiro atoms. The third kappa shape index (κ3) is 4.83. The SMILES string of the molecule is CC(=O)N(C)c1ccc(NC(=O)C(C)Oc2cc(C)ccc2C)cc1. The van der Waals surface area contributed by atoms with E-state index in [1.165, 1.54) is 11.8 Å². The van der Waals surface area contributed by atoms with Crippen LogP contribution in [-0.4, -0.2) is 25.0 Å². The van der Waals surface area contributed by atoms with Gasteiger partial charge in [0.25, 0.3) is 5.91 Å². The molecular weight excluding hydrogens is 316 g/mol. The van der Waals surface area contributed by atoms with Crippen LogP contribution in [0.25, 0.3) is 0 Å². The summed E-state index contributed by atoms with van der Waals surface area (Å²) in [5.41, 5.74) is 3.49. The summed E-state index contributed by atoms with van der Waals surface area (Å²) < 4.78 is 5.79. The summed E-state index contributed by atoms with van der Waals surface area (Å²) in [6, 6.07) is 13.0. The molecule has 0 bridgehead atoms. The zero-order chi connectivity index (χ0) is 18.6. The van der Waals surface area contributed by atoms with Crippen LogP contribution in [0.3, 0.4) is 0 Å². The van der Waals surface area contributed by atoms with Crippen LogP contribution < -0.4 is 15.0 Å². The topological polar surface area (TPSA) is 58.6 Å². The maximum absolute atomic E-state index is 12.3. The van der Waals surface area contributed by atoms with Crippen LogP contribution in [0.15, 0.2) is 42.5 Å². The summed E-state index contributed by atoms with van der Waals surface area (Å²) >= 11 is 0. The molecule has 0 fully saturated rings. The van der Waals surface area contributed by atoms with Crippen LogP contribution in [0.4, 0.5) is 11.4 Å². The molecule has 0 heterocycles. The first-order valence-electron chi connectivity index (χ1n) is 8.17. The van der Waals surface area contributed by atoms with E-state index in [0.29, 0.717) is 11.4 Å². The zero-order valence-electron chi connectivity index (χ0n) is 15.3. The molecule has 0 aliphatic heterocycles. The minimum Gasteiger partial charge on any atom is -0.481 e. The largest absolute Gasteiger partial charge is 0.481 e. The standard InChI is InChI=1S/C20H24N2O3/c1-13-6-7-14(2)19(12-13)25-15(3)20(24)21-17-8-10-18(11-9-17)22(5)16(4)23/h6-12,15H,1-5H3,(H,21,24). The molecule has 2 aromatic carbocycles. The minimum absolute atomic E-state index is 0.0488. The summed E-state index contributed by atoms with van der Waals surface area (Å²) in [6.45, 7) is 7.15. The van der Waals surface area contributed by atoms with Gasteiger partial charge in [0, 0.05) is 25.3 Å². The van der Waals surface area contributed by atoms with Gasteiger partial charge in [0.05, 0.1) is 0 Å². The second kappa shape index (κ2) is 7.83. The van der Waals surface area contributed by atoms with Crippen molar-refractivity contribution in [1.29, 1.82) is 0 Å². The van der Waals surface area contributed by atoms with Crippen molar-refractivity contribution in [3.05, 3.63) is 53.6 Å². The van der Waals surface area contributed by atoms with E-state index in [0.717, 1.165) is 16.8 Å². The molecule has 0 aliphatic rings. The molecule has 0 saturated heterocycles. The lowest BCUT2D eigenvalue weighted by Gasteiger charge is -2.18. The van der Waals surface area contributed by atoms with Crippen molar-refractivity contribution in [2.75, 3.05) is 17.3 Å². The number of rotatable bonds is 5. The fourth-order valence-electron chi connectivity index (χ4n) is 2.27. The number of carbonyl (C=O) groups excluding carboxylic acids is 2. The lowest BCUT2D eigenvalue weighted by molar-refractivity contribution is -0.122. The van der Waals surface area contributed by atoms with E-state index in [4.69, 9.17) is 4.74 Å². The molecule has 2 aromatic rings. The Morgan fingerprint density at radius 2 is 1.72 bits per heavy atom. The van der Waals surface area contributed by atoms with Crippen LogP contribution in [0.2, 0.25) is 0 Å². The number of amides is 2. The molecule has 5 heteroatoms. The van der Waals surface area contributed by atoms with E-state index >= 15 is 0 Å². The van der Waals surface area contributed by atoms with E-state index in [-0.39, 0.29) is 11.8 Å². The predicted octanol–water partition coefficient (Wildman–Crippen LogP) is 3.69. The monoisotopic (exact) mass is 340 g/mol. The normalized spacial score (nSPS) is 11.6. The first-order valence-corrected chi connectivity index (χ1v) is 8.17. The lowest BCUT2D eigenvalue weighted by Crippen LogP contribution is -2.30. The Hall–Kier alpha value is -2.82. The van der Waals surface area contributed by atoms with E-state index in [2.05, 4.69) is 5.32 Å². The Morgan fingerprint density at radius 3 is 2.32 bits per heavy atom. The predicted molar refractivity (Wildman–Crippen MR) is 100 cm³/mol. The van der Waals surface area contributed by atoms with Gasteiger partial charge in [-0.15, -0.1) is 0 Å². The van der Waals surface area contributed by atoms with E-state index in [9.17, 15) is 9.59 Å². The van der Waals surface area contributed by atoms with Crippen LogP contribution in [-0.2, 0) is 9.59 Å². The van der Waals surface area contributed by atoms with Gasteiger partial charge in [-0.2, -0.15) is 0 Å². The Bertz CT molecular complexity index is 769. The summed E-state index contributed by atoms with van der Waals surface area (Å²) in [4.78, 5) is 25.2. The smallest absolute Gasteiger partial charge is 0.265 e. The Morgan fingerprint density at radius 1 is 1.08 bits per heavy atom. The second-order valence-electron chi connectivity index (χ2n) is 6.14. The van der Waals surface area contributed by atoms with Crippen molar-refractivity contribution < 1.29 is 14.3 Å². The molecule has 2 amide bonds. The van der Waals surface area contributed by atoms with Gasteiger partial charge in [-0.1, -0.05) is 12.1 Å². The highest BCUT2D eigenvalue weighted by Crippen LogP contribution is 2.21. The molecule has 1 N–H and O–H groups in total. The van der Waals surface area contributed by atoms with E-state index < -0.39 is 6.10 Å². The molecular formula is C20H24N2O3.